The van der Waals surface area contributed by atoms with Gasteiger partial charge in [-0.3, -0.25) is 4.79 Å². The van der Waals surface area contributed by atoms with E-state index in [9.17, 15) is 18.0 Å². The minimum Gasteiger partial charge on any atom is -0.481 e. The number of aliphatic carboxylic acids is 1. The predicted octanol–water partition coefficient (Wildman–Crippen LogP) is 2.24. The number of carbonyl (C=O) groups is 1. The molecule has 0 heterocycles. The van der Waals surface area contributed by atoms with Crippen molar-refractivity contribution in [2.75, 3.05) is 11.9 Å². The lowest BCUT2D eigenvalue weighted by atomic mass is 10.2. The van der Waals surface area contributed by atoms with E-state index >= 15 is 0 Å². The fourth-order valence-electron chi connectivity index (χ4n) is 1.02. The maximum absolute atomic E-state index is 12.8. The fraction of sp³-hybridized carbons (Fsp3) is 0.300. The van der Waals surface area contributed by atoms with Crippen molar-refractivity contribution >= 4 is 11.7 Å². The molecule has 6 heteroatoms. The monoisotopic (exact) mass is 233 g/mol. The summed E-state index contributed by atoms with van der Waals surface area (Å²) < 4.78 is 38.1. The second-order valence-electron chi connectivity index (χ2n) is 3.37. The van der Waals surface area contributed by atoms with Crippen molar-refractivity contribution in [2.45, 2.75) is 6.92 Å². The number of carboxylic acid groups (broad SMARTS) is 1. The van der Waals surface area contributed by atoms with Crippen LogP contribution in [-0.4, -0.2) is 17.6 Å². The zero-order valence-electron chi connectivity index (χ0n) is 8.43. The highest BCUT2D eigenvalue weighted by molar-refractivity contribution is 5.70. The summed E-state index contributed by atoms with van der Waals surface area (Å²) in [5, 5.41) is 11.1. The van der Waals surface area contributed by atoms with Crippen molar-refractivity contribution in [2.24, 2.45) is 5.92 Å². The van der Waals surface area contributed by atoms with Crippen molar-refractivity contribution in [1.82, 2.24) is 0 Å². The number of rotatable bonds is 4. The van der Waals surface area contributed by atoms with E-state index in [0.29, 0.717) is 0 Å². The van der Waals surface area contributed by atoms with Gasteiger partial charge in [-0.15, -0.1) is 0 Å². The molecule has 88 valence electrons. The van der Waals surface area contributed by atoms with E-state index in [-0.39, 0.29) is 12.2 Å². The van der Waals surface area contributed by atoms with Crippen LogP contribution in [0.1, 0.15) is 6.92 Å². The van der Waals surface area contributed by atoms with Gasteiger partial charge < -0.3 is 10.4 Å². The third-order valence-electron chi connectivity index (χ3n) is 2.02. The summed E-state index contributed by atoms with van der Waals surface area (Å²) in [6, 6.07) is 1.54. The summed E-state index contributed by atoms with van der Waals surface area (Å²) in [5.41, 5.74) is 0.00417. The van der Waals surface area contributed by atoms with Gasteiger partial charge >= 0.3 is 5.97 Å². The van der Waals surface area contributed by atoms with Crippen LogP contribution in [0.3, 0.4) is 0 Å². The molecule has 1 rings (SSSR count). The molecule has 0 saturated heterocycles. The van der Waals surface area contributed by atoms with E-state index in [2.05, 4.69) is 5.32 Å². The first-order valence-electron chi connectivity index (χ1n) is 4.53. The minimum atomic E-state index is -1.54. The van der Waals surface area contributed by atoms with E-state index in [1.54, 1.807) is 0 Å². The Balaban J connectivity index is 2.72. The highest BCUT2D eigenvalue weighted by Crippen LogP contribution is 2.17. The van der Waals surface area contributed by atoms with Crippen LogP contribution in [0.4, 0.5) is 18.9 Å². The molecule has 3 nitrogen and oxygen atoms in total. The van der Waals surface area contributed by atoms with Gasteiger partial charge in [0.05, 0.1) is 5.92 Å². The maximum Gasteiger partial charge on any atom is 0.308 e. The summed E-state index contributed by atoms with van der Waals surface area (Å²) in [4.78, 5) is 10.5. The minimum absolute atomic E-state index is 0.000153. The summed E-state index contributed by atoms with van der Waals surface area (Å²) in [6.07, 6.45) is 0. The molecule has 16 heavy (non-hydrogen) atoms. The SMILES string of the molecule is CC(CNc1cc(F)c(F)c(F)c1)C(=O)O. The van der Waals surface area contributed by atoms with Gasteiger partial charge in [0.1, 0.15) is 0 Å². The molecule has 0 aromatic heterocycles. The molecule has 1 aromatic rings. The topological polar surface area (TPSA) is 49.3 Å². The Morgan fingerprint density at radius 1 is 1.38 bits per heavy atom. The second kappa shape index (κ2) is 4.87. The van der Waals surface area contributed by atoms with Gasteiger partial charge in [-0.1, -0.05) is 6.92 Å². The van der Waals surface area contributed by atoms with Gasteiger partial charge in [-0.05, 0) is 0 Å². The molecule has 1 unspecified atom stereocenters. The van der Waals surface area contributed by atoms with Crippen LogP contribution in [0.25, 0.3) is 0 Å². The molecule has 0 aliphatic carbocycles. The molecule has 0 amide bonds. The molecular weight excluding hydrogens is 223 g/mol. The lowest BCUT2D eigenvalue weighted by Crippen LogP contribution is -2.19. The quantitative estimate of drug-likeness (QED) is 0.784. The average Bonchev–Trinajstić information content (AvgIpc) is 2.22. The Bertz CT molecular complexity index is 386. The highest BCUT2D eigenvalue weighted by Gasteiger charge is 2.13. The normalized spacial score (nSPS) is 12.2. The van der Waals surface area contributed by atoms with Gasteiger partial charge in [0.25, 0.3) is 0 Å². The summed E-state index contributed by atoms with van der Waals surface area (Å²) in [6.45, 7) is 1.44. The number of halogens is 3. The molecule has 2 N–H and O–H groups in total. The summed E-state index contributed by atoms with van der Waals surface area (Å²) in [7, 11) is 0. The van der Waals surface area contributed by atoms with Crippen LogP contribution in [0.5, 0.6) is 0 Å². The molecule has 0 aliphatic rings. The van der Waals surface area contributed by atoms with E-state index in [1.807, 2.05) is 0 Å². The largest absolute Gasteiger partial charge is 0.481 e. The Morgan fingerprint density at radius 3 is 2.31 bits per heavy atom. The molecule has 0 fully saturated rings. The number of hydrogen-bond donors (Lipinski definition) is 2. The standard InChI is InChI=1S/C10H10F3NO2/c1-5(10(15)16)4-14-6-2-7(11)9(13)8(12)3-6/h2-3,5,14H,4H2,1H3,(H,15,16). The third-order valence-corrected chi connectivity index (χ3v) is 2.02. The first-order chi connectivity index (χ1) is 7.41. The van der Waals surface area contributed by atoms with Crippen LogP contribution < -0.4 is 5.32 Å². The molecule has 0 saturated carbocycles. The van der Waals surface area contributed by atoms with Crippen LogP contribution in [0, 0.1) is 23.4 Å². The average molecular weight is 233 g/mol. The lowest BCUT2D eigenvalue weighted by Gasteiger charge is -2.10. The fourth-order valence-corrected chi connectivity index (χ4v) is 1.02. The van der Waals surface area contributed by atoms with Crippen LogP contribution in [-0.2, 0) is 4.79 Å². The van der Waals surface area contributed by atoms with E-state index < -0.39 is 29.3 Å². The molecule has 0 spiro atoms. The van der Waals surface area contributed by atoms with Crippen molar-refractivity contribution < 1.29 is 23.1 Å². The van der Waals surface area contributed by atoms with Gasteiger partial charge in [-0.25, -0.2) is 13.2 Å². The van der Waals surface area contributed by atoms with Crippen LogP contribution in [0.15, 0.2) is 12.1 Å². The molecule has 1 atom stereocenters. The number of carboxylic acids is 1. The Labute approximate surface area is 89.9 Å². The van der Waals surface area contributed by atoms with E-state index in [1.165, 1.54) is 6.92 Å². The zero-order valence-corrected chi connectivity index (χ0v) is 8.43. The highest BCUT2D eigenvalue weighted by atomic mass is 19.2. The van der Waals surface area contributed by atoms with Crippen molar-refractivity contribution in [3.63, 3.8) is 0 Å². The van der Waals surface area contributed by atoms with Gasteiger partial charge in [0.2, 0.25) is 0 Å². The lowest BCUT2D eigenvalue weighted by molar-refractivity contribution is -0.140. The van der Waals surface area contributed by atoms with E-state index in [4.69, 9.17) is 5.11 Å². The maximum atomic E-state index is 12.8. The molecule has 0 bridgehead atoms. The smallest absolute Gasteiger partial charge is 0.308 e. The third kappa shape index (κ3) is 2.88. The first-order valence-corrected chi connectivity index (χ1v) is 4.53. The molecule has 1 aromatic carbocycles. The number of hydrogen-bond acceptors (Lipinski definition) is 2. The van der Waals surface area contributed by atoms with Crippen molar-refractivity contribution in [3.8, 4) is 0 Å². The zero-order chi connectivity index (χ0) is 12.3. The van der Waals surface area contributed by atoms with Gasteiger partial charge in [-0.2, -0.15) is 0 Å². The second-order valence-corrected chi connectivity index (χ2v) is 3.37. The van der Waals surface area contributed by atoms with Crippen LogP contribution >= 0.6 is 0 Å². The molecular formula is C10H10F3NO2. The number of benzene rings is 1. The summed E-state index contributed by atoms with van der Waals surface area (Å²) in [5.74, 6) is -5.92. The molecule has 0 radical (unpaired) electrons. The van der Waals surface area contributed by atoms with Gasteiger partial charge in [0, 0.05) is 24.4 Å². The van der Waals surface area contributed by atoms with Crippen molar-refractivity contribution in [1.29, 1.82) is 0 Å². The Hall–Kier alpha value is -1.72. The summed E-state index contributed by atoms with van der Waals surface area (Å²) >= 11 is 0. The Morgan fingerprint density at radius 2 is 1.88 bits per heavy atom. The van der Waals surface area contributed by atoms with Crippen molar-refractivity contribution in [3.05, 3.63) is 29.6 Å². The predicted molar refractivity (Wildman–Crippen MR) is 51.6 cm³/mol. The number of nitrogens with one attached hydrogen (secondary N) is 1. The number of anilines is 1. The van der Waals surface area contributed by atoms with Gasteiger partial charge in [0.15, 0.2) is 17.5 Å². The van der Waals surface area contributed by atoms with E-state index in [0.717, 1.165) is 12.1 Å². The Kier molecular flexibility index (Phi) is 3.76. The first kappa shape index (κ1) is 12.4. The molecule has 0 aliphatic heterocycles. The van der Waals surface area contributed by atoms with Crippen LogP contribution in [0.2, 0.25) is 0 Å².